The smallest absolute Gasteiger partial charge is 0.253 e. The molecule has 4 atom stereocenters. The number of hydrogen-bond acceptors (Lipinski definition) is 7. The number of carbonyl (C=O) groups excluding carboxylic acids is 1. The minimum atomic E-state index is -1.26. The van der Waals surface area contributed by atoms with Gasteiger partial charge in [-0.2, -0.15) is 0 Å². The van der Waals surface area contributed by atoms with E-state index >= 15 is 0 Å². The number of nitrogens with zero attached hydrogens (tertiary/aromatic N) is 2. The van der Waals surface area contributed by atoms with E-state index in [2.05, 4.69) is 4.90 Å². The molecule has 7 rings (SSSR count). The van der Waals surface area contributed by atoms with Gasteiger partial charge in [-0.3, -0.25) is 9.69 Å². The van der Waals surface area contributed by atoms with Crippen molar-refractivity contribution in [1.29, 1.82) is 0 Å². The van der Waals surface area contributed by atoms with E-state index in [4.69, 9.17) is 9.47 Å². The predicted octanol–water partition coefficient (Wildman–Crippen LogP) is 1.24. The van der Waals surface area contributed by atoms with Crippen LogP contribution in [0.2, 0.25) is 0 Å². The predicted molar refractivity (Wildman–Crippen MR) is 117 cm³/mol. The summed E-state index contributed by atoms with van der Waals surface area (Å²) in [7, 11) is 0. The number of morpholine rings is 1. The third kappa shape index (κ3) is 2.49. The first kappa shape index (κ1) is 20.1. The lowest BCUT2D eigenvalue weighted by Gasteiger charge is -2.62. The SMILES string of the molecule is O=C(C1=C(O)[C@@H]2Oc3c(O)ccc4c3[C@@]23CCN(CC2CC2)[C@H](C4)[C@]3(O)C1)N1CCOCC1. The summed E-state index contributed by atoms with van der Waals surface area (Å²) in [6.45, 7) is 3.62. The molecule has 33 heavy (non-hydrogen) atoms. The van der Waals surface area contributed by atoms with Crippen LogP contribution in [0.5, 0.6) is 11.5 Å². The topological polar surface area (TPSA) is 103 Å². The number of aliphatic hydroxyl groups excluding tert-OH is 1. The number of phenols is 1. The van der Waals surface area contributed by atoms with Gasteiger partial charge in [0.25, 0.3) is 5.91 Å². The molecule has 176 valence electrons. The molecular formula is C25H30N2O6. The molecule has 1 amide bonds. The molecule has 3 aliphatic heterocycles. The van der Waals surface area contributed by atoms with Gasteiger partial charge in [0.1, 0.15) is 5.76 Å². The lowest BCUT2D eigenvalue weighted by atomic mass is 9.49. The highest BCUT2D eigenvalue weighted by Gasteiger charge is 2.73. The quantitative estimate of drug-likeness (QED) is 0.632. The zero-order valence-corrected chi connectivity index (χ0v) is 18.6. The summed E-state index contributed by atoms with van der Waals surface area (Å²) in [5, 5.41) is 34.7. The van der Waals surface area contributed by atoms with Gasteiger partial charge in [-0.25, -0.2) is 0 Å². The molecule has 0 unspecified atom stereocenters. The Morgan fingerprint density at radius 2 is 1.94 bits per heavy atom. The van der Waals surface area contributed by atoms with E-state index in [1.165, 1.54) is 12.8 Å². The number of ether oxygens (including phenoxy) is 2. The molecule has 1 saturated carbocycles. The highest BCUT2D eigenvalue weighted by Crippen LogP contribution is 2.66. The Kier molecular flexibility index (Phi) is 4.05. The zero-order chi connectivity index (χ0) is 22.5. The number of phenolic OH excluding ortho intramolecular Hbond substituents is 1. The summed E-state index contributed by atoms with van der Waals surface area (Å²) in [6, 6.07) is 3.42. The van der Waals surface area contributed by atoms with Gasteiger partial charge in [-0.15, -0.1) is 0 Å². The molecule has 3 heterocycles. The average molecular weight is 455 g/mol. The van der Waals surface area contributed by atoms with Crippen molar-refractivity contribution in [3.05, 3.63) is 34.6 Å². The highest BCUT2D eigenvalue weighted by atomic mass is 16.5. The summed E-state index contributed by atoms with van der Waals surface area (Å²) in [5.74, 6) is 0.718. The van der Waals surface area contributed by atoms with Crippen LogP contribution in [0.1, 0.15) is 36.8 Å². The molecule has 1 aromatic carbocycles. The Morgan fingerprint density at radius 3 is 2.70 bits per heavy atom. The summed E-state index contributed by atoms with van der Waals surface area (Å²) in [6.07, 6.45) is 2.94. The molecule has 3 aliphatic carbocycles. The Morgan fingerprint density at radius 1 is 1.15 bits per heavy atom. The van der Waals surface area contributed by atoms with Crippen molar-refractivity contribution in [2.24, 2.45) is 5.92 Å². The number of likely N-dealkylation sites (tertiary alicyclic amines) is 1. The molecule has 3 fully saturated rings. The number of benzene rings is 1. The first-order valence-electron chi connectivity index (χ1n) is 12.2. The zero-order valence-electron chi connectivity index (χ0n) is 18.6. The van der Waals surface area contributed by atoms with E-state index in [0.29, 0.717) is 50.8 Å². The molecular weight excluding hydrogens is 424 g/mol. The lowest BCUT2D eigenvalue weighted by molar-refractivity contribution is -0.174. The first-order chi connectivity index (χ1) is 15.9. The number of aromatic hydroxyl groups is 1. The van der Waals surface area contributed by atoms with Crippen LogP contribution in [0.4, 0.5) is 0 Å². The maximum Gasteiger partial charge on any atom is 0.253 e. The molecule has 0 radical (unpaired) electrons. The van der Waals surface area contributed by atoms with Gasteiger partial charge in [0.05, 0.1) is 29.8 Å². The lowest BCUT2D eigenvalue weighted by Crippen LogP contribution is -2.75. The second kappa shape index (κ2) is 6.64. The van der Waals surface area contributed by atoms with Crippen molar-refractivity contribution >= 4 is 5.91 Å². The number of rotatable bonds is 3. The Labute approximate surface area is 192 Å². The standard InChI is InChI=1S/C25H30N2O6/c28-17-4-3-15-11-18-25(31)12-16(23(30)26-7-9-32-10-8-26)20(29)22-24(25,19(15)21(17)33-22)5-6-27(18)13-14-1-2-14/h3-4,14,18,22,28-29,31H,1-2,5-13H2/t18-,22+,24+,25-/m1/s1. The number of carbonyl (C=O) groups is 1. The van der Waals surface area contributed by atoms with Crippen LogP contribution < -0.4 is 4.74 Å². The van der Waals surface area contributed by atoms with Crippen molar-refractivity contribution in [2.75, 3.05) is 39.4 Å². The second-order valence-electron chi connectivity index (χ2n) is 10.7. The largest absolute Gasteiger partial charge is 0.508 e. The maximum absolute atomic E-state index is 13.5. The normalized spacial score (nSPS) is 37.1. The van der Waals surface area contributed by atoms with Crippen molar-refractivity contribution in [1.82, 2.24) is 9.80 Å². The Bertz CT molecular complexity index is 1080. The van der Waals surface area contributed by atoms with Gasteiger partial charge >= 0.3 is 0 Å². The third-order valence-corrected chi connectivity index (χ3v) is 9.07. The third-order valence-electron chi connectivity index (χ3n) is 9.07. The van der Waals surface area contributed by atoms with Crippen LogP contribution in [0, 0.1) is 5.92 Å². The molecule has 8 nitrogen and oxygen atoms in total. The second-order valence-corrected chi connectivity index (χ2v) is 10.7. The van der Waals surface area contributed by atoms with Gasteiger partial charge in [-0.05, 0) is 49.8 Å². The fourth-order valence-electron chi connectivity index (χ4n) is 7.31. The van der Waals surface area contributed by atoms with Crippen molar-refractivity contribution < 1.29 is 29.6 Å². The fourth-order valence-corrected chi connectivity index (χ4v) is 7.31. The number of hydrogen-bond donors (Lipinski definition) is 3. The minimum absolute atomic E-state index is 0.0209. The summed E-state index contributed by atoms with van der Waals surface area (Å²) in [4.78, 5) is 17.6. The van der Waals surface area contributed by atoms with Gasteiger partial charge in [0, 0.05) is 37.7 Å². The highest BCUT2D eigenvalue weighted by molar-refractivity contribution is 5.95. The van der Waals surface area contributed by atoms with Gasteiger partial charge in [0.15, 0.2) is 17.6 Å². The van der Waals surface area contributed by atoms with E-state index in [0.717, 1.165) is 24.2 Å². The van der Waals surface area contributed by atoms with Crippen LogP contribution in [0.15, 0.2) is 23.5 Å². The molecule has 6 aliphatic rings. The summed E-state index contributed by atoms with van der Waals surface area (Å²) < 4.78 is 11.6. The van der Waals surface area contributed by atoms with E-state index in [1.54, 1.807) is 11.0 Å². The van der Waals surface area contributed by atoms with Crippen LogP contribution in [-0.4, -0.2) is 88.2 Å². The van der Waals surface area contributed by atoms with E-state index in [1.807, 2.05) is 6.07 Å². The van der Waals surface area contributed by atoms with Crippen LogP contribution in [-0.2, 0) is 21.4 Å². The minimum Gasteiger partial charge on any atom is -0.508 e. The van der Waals surface area contributed by atoms with Crippen molar-refractivity contribution in [3.63, 3.8) is 0 Å². The van der Waals surface area contributed by atoms with Crippen molar-refractivity contribution in [3.8, 4) is 11.5 Å². The molecule has 2 saturated heterocycles. The fraction of sp³-hybridized carbons (Fsp3) is 0.640. The van der Waals surface area contributed by atoms with Crippen LogP contribution in [0.25, 0.3) is 0 Å². The number of aliphatic hydroxyl groups is 2. The van der Waals surface area contributed by atoms with Crippen LogP contribution >= 0.6 is 0 Å². The summed E-state index contributed by atoms with van der Waals surface area (Å²) in [5.41, 5.74) is 0.0190. The molecule has 0 aromatic heterocycles. The van der Waals surface area contributed by atoms with E-state index < -0.39 is 17.1 Å². The van der Waals surface area contributed by atoms with Crippen molar-refractivity contribution in [2.45, 2.75) is 55.3 Å². The van der Waals surface area contributed by atoms with E-state index in [-0.39, 0.29) is 35.5 Å². The van der Waals surface area contributed by atoms with E-state index in [9.17, 15) is 20.1 Å². The molecule has 1 spiro atoms. The molecule has 8 heteroatoms. The van der Waals surface area contributed by atoms with Gasteiger partial charge in [0.2, 0.25) is 0 Å². The molecule has 2 bridgehead atoms. The molecule has 1 aromatic rings. The maximum atomic E-state index is 13.5. The monoisotopic (exact) mass is 454 g/mol. The van der Waals surface area contributed by atoms with Gasteiger partial charge < -0.3 is 29.7 Å². The van der Waals surface area contributed by atoms with Gasteiger partial charge in [-0.1, -0.05) is 6.07 Å². The average Bonchev–Trinajstić information content (AvgIpc) is 3.56. The summed E-state index contributed by atoms with van der Waals surface area (Å²) >= 11 is 0. The first-order valence-corrected chi connectivity index (χ1v) is 12.2. The molecule has 3 N–H and O–H groups in total. The Balaban J connectivity index is 1.39. The number of amides is 1. The van der Waals surface area contributed by atoms with Crippen LogP contribution in [0.3, 0.4) is 0 Å². The Hall–Kier alpha value is -2.29. The number of piperidine rings is 1.